The molecule has 0 atom stereocenters. The molecule has 1 aliphatic heterocycles. The van der Waals surface area contributed by atoms with Gasteiger partial charge in [0.1, 0.15) is 4.90 Å². The van der Waals surface area contributed by atoms with Crippen LogP contribution in [0.4, 0.5) is 5.69 Å². The van der Waals surface area contributed by atoms with Gasteiger partial charge in [-0.2, -0.15) is 0 Å². The first-order valence-electron chi connectivity index (χ1n) is 6.84. The van der Waals surface area contributed by atoms with Gasteiger partial charge in [0.15, 0.2) is 0 Å². The zero-order valence-electron chi connectivity index (χ0n) is 12.5. The molecule has 0 aliphatic carbocycles. The predicted molar refractivity (Wildman–Crippen MR) is 83.1 cm³/mol. The molecule has 1 aromatic carbocycles. The molecule has 0 unspecified atom stereocenters. The Bertz CT molecular complexity index is 661. The lowest BCUT2D eigenvalue weighted by atomic mass is 9.87. The molecule has 0 aromatic heterocycles. The first-order valence-corrected chi connectivity index (χ1v) is 8.32. The third kappa shape index (κ3) is 3.54. The lowest BCUT2D eigenvalue weighted by molar-refractivity contribution is 0.291. The van der Waals surface area contributed by atoms with Gasteiger partial charge in [-0.15, -0.1) is 0 Å². The fourth-order valence-corrected chi connectivity index (χ4v) is 3.15. The van der Waals surface area contributed by atoms with Crippen molar-refractivity contribution in [2.75, 3.05) is 18.5 Å². The molecule has 0 fully saturated rings. The van der Waals surface area contributed by atoms with Gasteiger partial charge in [-0.3, -0.25) is 4.99 Å². The largest absolute Gasteiger partial charge is 0.396 e. The highest BCUT2D eigenvalue weighted by atomic mass is 32.2. The summed E-state index contributed by atoms with van der Waals surface area (Å²) in [5.74, 6) is 0.194. The topological polar surface area (TPSA) is 90.8 Å². The Hall–Kier alpha value is -1.60. The second-order valence-electron chi connectivity index (χ2n) is 6.00. The number of sulfonamides is 1. The summed E-state index contributed by atoms with van der Waals surface area (Å²) in [5.41, 5.74) is 1.35. The van der Waals surface area contributed by atoms with Gasteiger partial charge in [0.05, 0.1) is 5.69 Å². The fourth-order valence-electron chi connectivity index (χ4n) is 1.98. The number of nitrogens with one attached hydrogen (secondary N) is 2. The van der Waals surface area contributed by atoms with Crippen molar-refractivity contribution in [1.82, 2.24) is 4.72 Å². The molecule has 0 saturated heterocycles. The molecule has 7 heteroatoms. The lowest BCUT2D eigenvalue weighted by Gasteiger charge is -2.25. The van der Waals surface area contributed by atoms with Crippen molar-refractivity contribution < 1.29 is 13.5 Å². The summed E-state index contributed by atoms with van der Waals surface area (Å²) in [4.78, 5) is 4.33. The summed E-state index contributed by atoms with van der Waals surface area (Å²) in [7, 11) is -3.62. The van der Waals surface area contributed by atoms with Crippen molar-refractivity contribution in [3.8, 4) is 0 Å². The zero-order chi connectivity index (χ0) is 15.7. The minimum Gasteiger partial charge on any atom is -0.396 e. The fraction of sp³-hybridized carbons (Fsp3) is 0.500. The number of aliphatic hydroxyl groups is 1. The molecule has 116 valence electrons. The molecule has 21 heavy (non-hydrogen) atoms. The molecule has 1 heterocycles. The quantitative estimate of drug-likeness (QED) is 0.736. The molecule has 1 aliphatic rings. The van der Waals surface area contributed by atoms with Crippen LogP contribution in [0.3, 0.4) is 0 Å². The van der Waals surface area contributed by atoms with Gasteiger partial charge in [0.25, 0.3) is 10.0 Å². The summed E-state index contributed by atoms with van der Waals surface area (Å²) in [5, 5.41) is 11.7. The first kappa shape index (κ1) is 15.8. The van der Waals surface area contributed by atoms with Crippen LogP contribution in [0, 0.1) is 0 Å². The Morgan fingerprint density at radius 1 is 1.29 bits per heavy atom. The van der Waals surface area contributed by atoms with Gasteiger partial charge in [-0.1, -0.05) is 26.8 Å². The van der Waals surface area contributed by atoms with Crippen molar-refractivity contribution in [2.45, 2.75) is 37.5 Å². The highest BCUT2D eigenvalue weighted by Crippen LogP contribution is 2.31. The number of rotatable bonds is 3. The third-order valence-electron chi connectivity index (χ3n) is 3.21. The number of benzene rings is 1. The average Bonchev–Trinajstić information content (AvgIpc) is 2.37. The van der Waals surface area contributed by atoms with Crippen molar-refractivity contribution in [1.29, 1.82) is 0 Å². The second-order valence-corrected chi connectivity index (χ2v) is 7.65. The summed E-state index contributed by atoms with van der Waals surface area (Å²) in [6.45, 7) is 6.48. The van der Waals surface area contributed by atoms with E-state index in [1.54, 1.807) is 12.1 Å². The van der Waals surface area contributed by atoms with Crippen LogP contribution in [0.5, 0.6) is 0 Å². The van der Waals surface area contributed by atoms with E-state index >= 15 is 0 Å². The number of nitrogens with zero attached hydrogens (tertiary/aromatic N) is 1. The number of aliphatic hydroxyl groups excluding tert-OH is 1. The van der Waals surface area contributed by atoms with Crippen molar-refractivity contribution in [2.24, 2.45) is 4.99 Å². The lowest BCUT2D eigenvalue weighted by Crippen LogP contribution is -2.41. The molecular formula is C14H21N3O3S. The van der Waals surface area contributed by atoms with Crippen molar-refractivity contribution >= 4 is 21.7 Å². The van der Waals surface area contributed by atoms with Crippen molar-refractivity contribution in [3.05, 3.63) is 23.8 Å². The summed E-state index contributed by atoms with van der Waals surface area (Å²) in [6, 6.07) is 5.36. The van der Waals surface area contributed by atoms with Gasteiger partial charge >= 0.3 is 0 Å². The molecule has 6 nitrogen and oxygen atoms in total. The van der Waals surface area contributed by atoms with E-state index in [0.29, 0.717) is 18.7 Å². The van der Waals surface area contributed by atoms with Crippen LogP contribution in [-0.4, -0.2) is 32.6 Å². The number of hydrogen-bond acceptors (Lipinski definition) is 4. The van der Waals surface area contributed by atoms with E-state index in [9.17, 15) is 8.42 Å². The van der Waals surface area contributed by atoms with Gasteiger partial charge in [-0.25, -0.2) is 13.1 Å². The minimum absolute atomic E-state index is 0.0229. The summed E-state index contributed by atoms with van der Waals surface area (Å²) in [6.07, 6.45) is 0.489. The maximum Gasteiger partial charge on any atom is 0.266 e. The highest BCUT2D eigenvalue weighted by Gasteiger charge is 2.28. The number of anilines is 1. The van der Waals surface area contributed by atoms with Crippen LogP contribution in [0.25, 0.3) is 0 Å². The molecule has 0 bridgehead atoms. The molecule has 0 spiro atoms. The molecule has 0 saturated carbocycles. The molecule has 0 radical (unpaired) electrons. The molecule has 2 rings (SSSR count). The summed E-state index contributed by atoms with van der Waals surface area (Å²) < 4.78 is 27.0. The van der Waals surface area contributed by atoms with E-state index < -0.39 is 10.0 Å². The van der Waals surface area contributed by atoms with E-state index in [1.165, 1.54) is 0 Å². The summed E-state index contributed by atoms with van der Waals surface area (Å²) >= 11 is 0. The van der Waals surface area contributed by atoms with Crippen LogP contribution in [0.1, 0.15) is 32.8 Å². The van der Waals surface area contributed by atoms with Gasteiger partial charge in [0, 0.05) is 13.2 Å². The van der Waals surface area contributed by atoms with E-state index in [1.807, 2.05) is 26.8 Å². The standard InChI is InChI=1S/C14H21N3O3S/c1-14(2,3)10-5-6-11-12(9-10)21(19,20)17-13(16-11)15-7-4-8-18/h5-6,9,18H,4,7-8H2,1-3H3,(H2,15,16,17). The maximum atomic E-state index is 12.3. The van der Waals surface area contributed by atoms with Crippen LogP contribution >= 0.6 is 0 Å². The number of fused-ring (bicyclic) bond motifs is 1. The van der Waals surface area contributed by atoms with Crippen LogP contribution in [-0.2, 0) is 15.4 Å². The Morgan fingerprint density at radius 2 is 2.00 bits per heavy atom. The number of hydrogen-bond donors (Lipinski definition) is 3. The zero-order valence-corrected chi connectivity index (χ0v) is 13.3. The van der Waals surface area contributed by atoms with E-state index in [0.717, 1.165) is 5.56 Å². The van der Waals surface area contributed by atoms with Gasteiger partial charge < -0.3 is 10.4 Å². The smallest absolute Gasteiger partial charge is 0.266 e. The Labute approximate surface area is 125 Å². The van der Waals surface area contributed by atoms with Crippen LogP contribution < -0.4 is 10.0 Å². The SMILES string of the molecule is CC(C)(C)c1ccc2c(c1)S(=O)(=O)NC(=NCCCO)N2. The normalized spacial score (nSPS) is 18.8. The Balaban J connectivity index is 2.38. The van der Waals surface area contributed by atoms with E-state index in [-0.39, 0.29) is 22.9 Å². The number of aliphatic imine (C=N–C) groups is 1. The highest BCUT2D eigenvalue weighted by molar-refractivity contribution is 7.90. The molecule has 3 N–H and O–H groups in total. The monoisotopic (exact) mass is 311 g/mol. The molecule has 0 amide bonds. The first-order chi connectivity index (χ1) is 9.74. The molecule has 1 aromatic rings. The number of guanidine groups is 1. The predicted octanol–water partition coefficient (Wildman–Crippen LogP) is 1.43. The second kappa shape index (κ2) is 5.65. The Morgan fingerprint density at radius 3 is 2.62 bits per heavy atom. The third-order valence-corrected chi connectivity index (χ3v) is 4.59. The van der Waals surface area contributed by atoms with Crippen LogP contribution in [0.15, 0.2) is 28.1 Å². The van der Waals surface area contributed by atoms with Gasteiger partial charge in [0.2, 0.25) is 5.96 Å². The van der Waals surface area contributed by atoms with Crippen molar-refractivity contribution in [3.63, 3.8) is 0 Å². The van der Waals surface area contributed by atoms with E-state index in [2.05, 4.69) is 15.0 Å². The average molecular weight is 311 g/mol. The molecular weight excluding hydrogens is 290 g/mol. The Kier molecular flexibility index (Phi) is 4.25. The van der Waals surface area contributed by atoms with Gasteiger partial charge in [-0.05, 0) is 29.5 Å². The maximum absolute atomic E-state index is 12.3. The minimum atomic E-state index is -3.62. The van der Waals surface area contributed by atoms with E-state index in [4.69, 9.17) is 5.11 Å². The van der Waals surface area contributed by atoms with Crippen LogP contribution in [0.2, 0.25) is 0 Å².